The van der Waals surface area contributed by atoms with Gasteiger partial charge in [-0.3, -0.25) is 4.79 Å². The summed E-state index contributed by atoms with van der Waals surface area (Å²) in [5.74, 6) is -0.231. The maximum atomic E-state index is 12.3. The van der Waals surface area contributed by atoms with Gasteiger partial charge in [-0.05, 0) is 49.6 Å². The summed E-state index contributed by atoms with van der Waals surface area (Å²) in [7, 11) is -3.27. The summed E-state index contributed by atoms with van der Waals surface area (Å²) in [4.78, 5) is 12.3. The molecule has 0 saturated carbocycles. The van der Waals surface area contributed by atoms with Crippen LogP contribution in [0.25, 0.3) is 0 Å². The molecule has 0 aliphatic carbocycles. The number of aryl methyl sites for hydroxylation is 1. The third-order valence-corrected chi connectivity index (χ3v) is 6.18. The van der Waals surface area contributed by atoms with E-state index in [2.05, 4.69) is 5.32 Å². The van der Waals surface area contributed by atoms with Crippen molar-refractivity contribution in [3.63, 3.8) is 0 Å². The number of anilines is 1. The van der Waals surface area contributed by atoms with Crippen molar-refractivity contribution in [1.29, 1.82) is 0 Å². The molecule has 0 radical (unpaired) electrons. The Labute approximate surface area is 148 Å². The Morgan fingerprint density at radius 2 is 1.60 bits per heavy atom. The highest BCUT2D eigenvalue weighted by molar-refractivity contribution is 7.88. The van der Waals surface area contributed by atoms with E-state index in [-0.39, 0.29) is 11.7 Å². The second-order valence-corrected chi connectivity index (χ2v) is 8.35. The van der Waals surface area contributed by atoms with E-state index in [4.69, 9.17) is 0 Å². The third kappa shape index (κ3) is 4.46. The first-order valence-corrected chi connectivity index (χ1v) is 10.00. The Balaban J connectivity index is 1.65. The second kappa shape index (κ2) is 7.37. The maximum Gasteiger partial charge on any atom is 0.255 e. The van der Waals surface area contributed by atoms with Crippen LogP contribution in [0.15, 0.2) is 48.5 Å². The van der Waals surface area contributed by atoms with Gasteiger partial charge in [0.25, 0.3) is 5.91 Å². The Bertz CT molecular complexity index is 837. The van der Waals surface area contributed by atoms with Gasteiger partial charge in [-0.25, -0.2) is 12.7 Å². The molecule has 0 bridgehead atoms. The number of nitrogens with zero attached hydrogens (tertiary/aromatic N) is 1. The topological polar surface area (TPSA) is 66.5 Å². The van der Waals surface area contributed by atoms with Gasteiger partial charge in [0.05, 0.1) is 5.75 Å². The number of hydrogen-bond donors (Lipinski definition) is 1. The van der Waals surface area contributed by atoms with Crippen LogP contribution in [0.1, 0.15) is 34.3 Å². The summed E-state index contributed by atoms with van der Waals surface area (Å²) in [6, 6.07) is 14.3. The van der Waals surface area contributed by atoms with Gasteiger partial charge in [-0.1, -0.05) is 29.8 Å². The molecule has 1 aliphatic heterocycles. The van der Waals surface area contributed by atoms with Gasteiger partial charge in [-0.2, -0.15) is 0 Å². The Kier molecular flexibility index (Phi) is 5.20. The molecular weight excluding hydrogens is 336 g/mol. The fourth-order valence-electron chi connectivity index (χ4n) is 2.86. The van der Waals surface area contributed by atoms with E-state index in [1.165, 1.54) is 0 Å². The van der Waals surface area contributed by atoms with E-state index in [0.29, 0.717) is 24.2 Å². The number of rotatable bonds is 5. The second-order valence-electron chi connectivity index (χ2n) is 6.38. The summed E-state index contributed by atoms with van der Waals surface area (Å²) in [5, 5.41) is 2.83. The minimum Gasteiger partial charge on any atom is -0.322 e. The molecule has 132 valence electrons. The molecule has 1 N–H and O–H groups in total. The van der Waals surface area contributed by atoms with Gasteiger partial charge in [0.1, 0.15) is 0 Å². The largest absolute Gasteiger partial charge is 0.322 e. The van der Waals surface area contributed by atoms with Crippen molar-refractivity contribution in [2.75, 3.05) is 18.4 Å². The van der Waals surface area contributed by atoms with Crippen LogP contribution in [0, 0.1) is 6.92 Å². The molecule has 2 aromatic carbocycles. The standard InChI is InChI=1S/C19H22N2O3S/c1-15-4-10-18(11-5-15)20-19(22)17-8-6-16(7-9-17)14-25(23,24)21-12-2-3-13-21/h4-11H,2-3,12-14H2,1H3,(H,20,22). The molecule has 6 heteroatoms. The molecule has 1 saturated heterocycles. The molecule has 0 aromatic heterocycles. The smallest absolute Gasteiger partial charge is 0.255 e. The highest BCUT2D eigenvalue weighted by Crippen LogP contribution is 2.18. The van der Waals surface area contributed by atoms with E-state index in [0.717, 1.165) is 24.1 Å². The monoisotopic (exact) mass is 358 g/mol. The van der Waals surface area contributed by atoms with Crippen molar-refractivity contribution in [2.45, 2.75) is 25.5 Å². The number of hydrogen-bond acceptors (Lipinski definition) is 3. The van der Waals surface area contributed by atoms with Crippen LogP contribution in [0.2, 0.25) is 0 Å². The van der Waals surface area contributed by atoms with Crippen molar-refractivity contribution < 1.29 is 13.2 Å². The molecule has 25 heavy (non-hydrogen) atoms. The van der Waals surface area contributed by atoms with Crippen LogP contribution in [-0.2, 0) is 15.8 Å². The van der Waals surface area contributed by atoms with Crippen LogP contribution >= 0.6 is 0 Å². The maximum absolute atomic E-state index is 12.3. The molecule has 1 heterocycles. The van der Waals surface area contributed by atoms with E-state index in [1.54, 1.807) is 28.6 Å². The molecule has 0 unspecified atom stereocenters. The Morgan fingerprint density at radius 3 is 2.20 bits per heavy atom. The van der Waals surface area contributed by atoms with E-state index < -0.39 is 10.0 Å². The molecule has 1 amide bonds. The number of amides is 1. The van der Waals surface area contributed by atoms with Crippen molar-refractivity contribution in [2.24, 2.45) is 0 Å². The first-order valence-electron chi connectivity index (χ1n) is 8.39. The summed E-state index contributed by atoms with van der Waals surface area (Å²) < 4.78 is 26.2. The number of carbonyl (C=O) groups is 1. The molecule has 5 nitrogen and oxygen atoms in total. The van der Waals surface area contributed by atoms with Crippen LogP contribution in [0.3, 0.4) is 0 Å². The summed E-state index contributed by atoms with van der Waals surface area (Å²) in [5.41, 5.74) is 3.06. The lowest BCUT2D eigenvalue weighted by atomic mass is 10.1. The lowest BCUT2D eigenvalue weighted by molar-refractivity contribution is 0.102. The molecular formula is C19H22N2O3S. The van der Waals surface area contributed by atoms with E-state index in [9.17, 15) is 13.2 Å². The molecule has 2 aromatic rings. The zero-order valence-corrected chi connectivity index (χ0v) is 15.1. The predicted octanol–water partition coefficient (Wildman–Crippen LogP) is 3.17. The van der Waals surface area contributed by atoms with Crippen LogP contribution in [-0.4, -0.2) is 31.7 Å². The zero-order valence-electron chi connectivity index (χ0n) is 14.2. The molecule has 0 atom stereocenters. The van der Waals surface area contributed by atoms with Crippen molar-refractivity contribution in [1.82, 2.24) is 4.31 Å². The Hall–Kier alpha value is -2.18. The van der Waals surface area contributed by atoms with Crippen LogP contribution in [0.5, 0.6) is 0 Å². The number of sulfonamides is 1. The number of benzene rings is 2. The minimum atomic E-state index is -3.27. The van der Waals surface area contributed by atoms with Gasteiger partial charge in [-0.15, -0.1) is 0 Å². The highest BCUT2D eigenvalue weighted by atomic mass is 32.2. The van der Waals surface area contributed by atoms with Crippen molar-refractivity contribution in [3.05, 3.63) is 65.2 Å². The third-order valence-electron chi connectivity index (χ3n) is 4.33. The summed E-state index contributed by atoms with van der Waals surface area (Å²) in [6.07, 6.45) is 1.86. The summed E-state index contributed by atoms with van der Waals surface area (Å²) >= 11 is 0. The fraction of sp³-hybridized carbons (Fsp3) is 0.316. The SMILES string of the molecule is Cc1ccc(NC(=O)c2ccc(CS(=O)(=O)N3CCCC3)cc2)cc1. The average Bonchev–Trinajstić information content (AvgIpc) is 3.13. The quantitative estimate of drug-likeness (QED) is 0.893. The first-order chi connectivity index (χ1) is 11.9. The highest BCUT2D eigenvalue weighted by Gasteiger charge is 2.25. The molecule has 1 fully saturated rings. The normalized spacial score (nSPS) is 15.2. The van der Waals surface area contributed by atoms with Gasteiger partial charge in [0.15, 0.2) is 0 Å². The number of nitrogens with one attached hydrogen (secondary N) is 1. The lowest BCUT2D eigenvalue weighted by Crippen LogP contribution is -2.29. The molecule has 0 spiro atoms. The van der Waals surface area contributed by atoms with E-state index in [1.807, 2.05) is 31.2 Å². The fourth-order valence-corrected chi connectivity index (χ4v) is 4.47. The first kappa shape index (κ1) is 17.6. The van der Waals surface area contributed by atoms with E-state index >= 15 is 0 Å². The molecule has 3 rings (SSSR count). The van der Waals surface area contributed by atoms with Gasteiger partial charge in [0.2, 0.25) is 10.0 Å². The van der Waals surface area contributed by atoms with Gasteiger partial charge < -0.3 is 5.32 Å². The predicted molar refractivity (Wildman–Crippen MR) is 99.0 cm³/mol. The summed E-state index contributed by atoms with van der Waals surface area (Å²) in [6.45, 7) is 3.21. The average molecular weight is 358 g/mol. The number of carbonyl (C=O) groups excluding carboxylic acids is 1. The lowest BCUT2D eigenvalue weighted by Gasteiger charge is -2.15. The molecule has 1 aliphatic rings. The van der Waals surface area contributed by atoms with Crippen molar-refractivity contribution >= 4 is 21.6 Å². The van der Waals surface area contributed by atoms with Crippen LogP contribution in [0.4, 0.5) is 5.69 Å². The van der Waals surface area contributed by atoms with Crippen molar-refractivity contribution in [3.8, 4) is 0 Å². The van der Waals surface area contributed by atoms with Crippen LogP contribution < -0.4 is 5.32 Å². The Morgan fingerprint density at radius 1 is 1.00 bits per heavy atom. The minimum absolute atomic E-state index is 0.0210. The van der Waals surface area contributed by atoms with Gasteiger partial charge in [0, 0.05) is 24.3 Å². The zero-order chi connectivity index (χ0) is 17.9. The van der Waals surface area contributed by atoms with Gasteiger partial charge >= 0.3 is 0 Å².